The zero-order valence-corrected chi connectivity index (χ0v) is 13.5. The predicted molar refractivity (Wildman–Crippen MR) is 82.7 cm³/mol. The van der Waals surface area contributed by atoms with Crippen molar-refractivity contribution in [1.29, 1.82) is 0 Å². The Balaban J connectivity index is -0.00000108. The monoisotopic (exact) mass is 274 g/mol. The van der Waals surface area contributed by atoms with Crippen LogP contribution in [0.5, 0.6) is 5.75 Å². The van der Waals surface area contributed by atoms with E-state index in [1.54, 1.807) is 0 Å². The second-order valence-electron chi connectivity index (χ2n) is 4.66. The predicted octanol–water partition coefficient (Wildman–Crippen LogP) is 4.58. The molecule has 0 aliphatic rings. The van der Waals surface area contributed by atoms with Crippen molar-refractivity contribution in [2.24, 2.45) is 0 Å². The summed E-state index contributed by atoms with van der Waals surface area (Å²) >= 11 is 0. The fraction of sp³-hybridized carbons (Fsp3) is 0.562. The summed E-state index contributed by atoms with van der Waals surface area (Å²) in [6.07, 6.45) is 9.07. The van der Waals surface area contributed by atoms with Gasteiger partial charge in [-0.1, -0.05) is 63.6 Å². The average molecular weight is 275 g/mol. The second kappa shape index (κ2) is 12.5. The molecule has 1 aromatic carbocycles. The van der Waals surface area contributed by atoms with Gasteiger partial charge in [-0.25, -0.2) is 0 Å². The van der Waals surface area contributed by atoms with Crippen LogP contribution in [0.3, 0.4) is 0 Å². The molecule has 0 saturated carbocycles. The molecule has 0 spiro atoms. The van der Waals surface area contributed by atoms with Crippen LogP contribution in [-0.2, 0) is 4.79 Å². The van der Waals surface area contributed by atoms with Crippen molar-refractivity contribution in [3.05, 3.63) is 30.3 Å². The number of unbranched alkanes of at least 4 members (excludes halogenated alkanes) is 6. The fourth-order valence-corrected chi connectivity index (χ4v) is 1.90. The number of rotatable bonds is 9. The first-order valence-corrected chi connectivity index (χ1v) is 7.08. The molecule has 0 bridgehead atoms. The van der Waals surface area contributed by atoms with Gasteiger partial charge in [0.05, 0.1) is 0 Å². The van der Waals surface area contributed by atoms with Gasteiger partial charge in [0, 0.05) is 6.42 Å². The third-order valence-electron chi connectivity index (χ3n) is 2.96. The molecule has 3 heteroatoms. The molecule has 1 rings (SSSR count). The van der Waals surface area contributed by atoms with E-state index in [4.69, 9.17) is 4.74 Å². The summed E-state index contributed by atoms with van der Waals surface area (Å²) in [5.74, 6) is 0.528. The molecule has 0 heterocycles. The van der Waals surface area contributed by atoms with Crippen LogP contribution in [0.4, 0.5) is 0 Å². The number of benzene rings is 1. The van der Waals surface area contributed by atoms with Crippen molar-refractivity contribution < 1.29 is 12.4 Å². The molecule has 0 fully saturated rings. The van der Waals surface area contributed by atoms with Crippen LogP contribution >= 0.6 is 0 Å². The zero-order chi connectivity index (χ0) is 13.1. The Morgan fingerprint density at radius 2 is 1.58 bits per heavy atom. The minimum Gasteiger partial charge on any atom is -1.00 e. The van der Waals surface area contributed by atoms with Crippen LogP contribution in [0.2, 0.25) is 0 Å². The Morgan fingerprint density at radius 1 is 1.00 bits per heavy atom. The SMILES string of the molecule is CCCCCCCCCC(=O)Oc1ccccc1.[H-].[H-].[Mg+2]. The van der Waals surface area contributed by atoms with Crippen LogP contribution in [0, 0.1) is 0 Å². The van der Waals surface area contributed by atoms with Crippen molar-refractivity contribution in [3.8, 4) is 5.75 Å². The molecule has 2 nitrogen and oxygen atoms in total. The third-order valence-corrected chi connectivity index (χ3v) is 2.96. The largest absolute Gasteiger partial charge is 2.00 e. The molecule has 0 amide bonds. The first kappa shape index (κ1) is 18.5. The van der Waals surface area contributed by atoms with E-state index in [-0.39, 0.29) is 31.9 Å². The van der Waals surface area contributed by atoms with Crippen LogP contribution in [0.1, 0.15) is 61.1 Å². The van der Waals surface area contributed by atoms with Gasteiger partial charge in [-0.2, -0.15) is 0 Å². The van der Waals surface area contributed by atoms with Crippen LogP contribution in [0.25, 0.3) is 0 Å². The molecule has 19 heavy (non-hydrogen) atoms. The van der Waals surface area contributed by atoms with Crippen molar-refractivity contribution in [3.63, 3.8) is 0 Å². The van der Waals surface area contributed by atoms with Crippen LogP contribution < -0.4 is 4.74 Å². The van der Waals surface area contributed by atoms with Crippen LogP contribution in [-0.4, -0.2) is 29.0 Å². The maximum Gasteiger partial charge on any atom is 2.00 e. The Morgan fingerprint density at radius 3 is 2.21 bits per heavy atom. The molecule has 0 aliphatic carbocycles. The number of hydrogen-bond donors (Lipinski definition) is 0. The normalized spacial score (nSPS) is 9.74. The molecule has 0 N–H and O–H groups in total. The van der Waals surface area contributed by atoms with E-state index in [0.717, 1.165) is 12.8 Å². The van der Waals surface area contributed by atoms with E-state index in [9.17, 15) is 4.79 Å². The summed E-state index contributed by atoms with van der Waals surface area (Å²) < 4.78 is 5.22. The summed E-state index contributed by atoms with van der Waals surface area (Å²) in [6.45, 7) is 2.22. The Kier molecular flexibility index (Phi) is 12.1. The zero-order valence-electron chi connectivity index (χ0n) is 14.1. The maximum atomic E-state index is 11.5. The van der Waals surface area contributed by atoms with Gasteiger partial charge in [0.1, 0.15) is 5.75 Å². The van der Waals surface area contributed by atoms with E-state index in [0.29, 0.717) is 12.2 Å². The first-order chi connectivity index (χ1) is 8.83. The van der Waals surface area contributed by atoms with Crippen molar-refractivity contribution in [2.45, 2.75) is 58.3 Å². The molecule has 0 aromatic heterocycles. The summed E-state index contributed by atoms with van der Waals surface area (Å²) in [4.78, 5) is 11.5. The summed E-state index contributed by atoms with van der Waals surface area (Å²) in [5, 5.41) is 0. The van der Waals surface area contributed by atoms with Gasteiger partial charge in [0.15, 0.2) is 0 Å². The number of carbonyl (C=O) groups excluding carboxylic acids is 1. The second-order valence-corrected chi connectivity index (χ2v) is 4.66. The first-order valence-electron chi connectivity index (χ1n) is 7.08. The van der Waals surface area contributed by atoms with Gasteiger partial charge >= 0.3 is 29.0 Å². The number of ether oxygens (including phenoxy) is 1. The van der Waals surface area contributed by atoms with Gasteiger partial charge in [0.25, 0.3) is 0 Å². The van der Waals surface area contributed by atoms with Gasteiger partial charge in [-0.3, -0.25) is 4.79 Å². The molecule has 0 aliphatic heterocycles. The molecule has 104 valence electrons. The quantitative estimate of drug-likeness (QED) is 0.285. The summed E-state index contributed by atoms with van der Waals surface area (Å²) in [6, 6.07) is 9.27. The van der Waals surface area contributed by atoms with Gasteiger partial charge < -0.3 is 7.59 Å². The number of hydrogen-bond acceptors (Lipinski definition) is 2. The smallest absolute Gasteiger partial charge is 1.00 e. The third kappa shape index (κ3) is 9.97. The van der Waals surface area contributed by atoms with E-state index >= 15 is 0 Å². The minimum absolute atomic E-state index is 0. The van der Waals surface area contributed by atoms with E-state index in [2.05, 4.69) is 6.92 Å². The minimum atomic E-state index is -0.116. The van der Waals surface area contributed by atoms with E-state index in [1.165, 1.54) is 32.1 Å². The Bertz CT molecular complexity index is 334. The Labute approximate surface area is 136 Å². The molecular weight excluding hydrogens is 248 g/mol. The molecular formula is C16H26MgO2. The average Bonchev–Trinajstić information content (AvgIpc) is 2.39. The fourth-order valence-electron chi connectivity index (χ4n) is 1.90. The van der Waals surface area contributed by atoms with Gasteiger partial charge in [0.2, 0.25) is 0 Å². The van der Waals surface area contributed by atoms with Gasteiger partial charge in [-0.05, 0) is 18.6 Å². The maximum absolute atomic E-state index is 11.5. The summed E-state index contributed by atoms with van der Waals surface area (Å²) in [7, 11) is 0. The van der Waals surface area contributed by atoms with Crippen molar-refractivity contribution in [2.75, 3.05) is 0 Å². The molecule has 0 unspecified atom stereocenters. The molecule has 0 radical (unpaired) electrons. The number of para-hydroxylation sites is 1. The summed E-state index contributed by atoms with van der Waals surface area (Å²) in [5.41, 5.74) is 0. The van der Waals surface area contributed by atoms with Gasteiger partial charge in [-0.15, -0.1) is 0 Å². The Hall–Kier alpha value is -0.544. The molecule has 0 atom stereocenters. The van der Waals surface area contributed by atoms with Crippen molar-refractivity contribution >= 4 is 29.0 Å². The molecule has 1 aromatic rings. The molecule has 0 saturated heterocycles. The topological polar surface area (TPSA) is 26.3 Å². The van der Waals surface area contributed by atoms with Crippen LogP contribution in [0.15, 0.2) is 30.3 Å². The number of esters is 1. The standard InChI is InChI=1S/C16H24O2.Mg.2H/c1-2-3-4-5-6-7-11-14-16(17)18-15-12-9-8-10-13-15;;;/h8-10,12-13H,2-7,11,14H2,1H3;;;/q;+2;2*-1. The van der Waals surface area contributed by atoms with E-state index < -0.39 is 0 Å². The number of carbonyl (C=O) groups is 1. The van der Waals surface area contributed by atoms with Crippen molar-refractivity contribution in [1.82, 2.24) is 0 Å². The van der Waals surface area contributed by atoms with E-state index in [1.807, 2.05) is 30.3 Å².